The van der Waals surface area contributed by atoms with E-state index in [0.29, 0.717) is 11.4 Å². The van der Waals surface area contributed by atoms with E-state index in [2.05, 4.69) is 4.98 Å². The van der Waals surface area contributed by atoms with Gasteiger partial charge in [0, 0.05) is 18.0 Å². The minimum atomic E-state index is -1.06. The van der Waals surface area contributed by atoms with E-state index in [1.807, 2.05) is 24.3 Å². The summed E-state index contributed by atoms with van der Waals surface area (Å²) in [5.74, 6) is -1.35. The first-order valence-corrected chi connectivity index (χ1v) is 6.76. The second-order valence-electron chi connectivity index (χ2n) is 4.96. The van der Waals surface area contributed by atoms with Crippen LogP contribution >= 0.6 is 0 Å². The number of fused-ring (bicyclic) bond motifs is 1. The lowest BCUT2D eigenvalue weighted by Gasteiger charge is -2.18. The van der Waals surface area contributed by atoms with E-state index in [-0.39, 0.29) is 11.5 Å². The maximum Gasteiger partial charge on any atom is 0.337 e. The molecular weight excluding hydrogens is 280 g/mol. The molecule has 1 amide bonds. The summed E-state index contributed by atoms with van der Waals surface area (Å²) < 4.78 is 0. The van der Waals surface area contributed by atoms with Crippen LogP contribution in [0.4, 0.5) is 5.69 Å². The Labute approximate surface area is 126 Å². The van der Waals surface area contributed by atoms with Gasteiger partial charge in [-0.2, -0.15) is 0 Å². The van der Waals surface area contributed by atoms with Crippen molar-refractivity contribution in [3.63, 3.8) is 0 Å². The molecule has 2 N–H and O–H groups in total. The molecule has 1 heterocycles. The van der Waals surface area contributed by atoms with Gasteiger partial charge in [0.2, 0.25) is 0 Å². The van der Waals surface area contributed by atoms with Crippen molar-refractivity contribution in [3.8, 4) is 0 Å². The van der Waals surface area contributed by atoms with E-state index >= 15 is 0 Å². The van der Waals surface area contributed by atoms with E-state index in [9.17, 15) is 14.7 Å². The van der Waals surface area contributed by atoms with Gasteiger partial charge in [0.25, 0.3) is 5.91 Å². The molecule has 0 bridgehead atoms. The second-order valence-corrected chi connectivity index (χ2v) is 4.96. The van der Waals surface area contributed by atoms with Crippen molar-refractivity contribution in [3.05, 3.63) is 65.9 Å². The molecule has 110 valence electrons. The number of H-pyrrole nitrogens is 1. The average molecular weight is 294 g/mol. The fourth-order valence-electron chi connectivity index (χ4n) is 2.43. The lowest BCUT2D eigenvalue weighted by Crippen LogP contribution is -2.28. The largest absolute Gasteiger partial charge is 0.478 e. The summed E-state index contributed by atoms with van der Waals surface area (Å²) in [6, 6.07) is 15.8. The van der Waals surface area contributed by atoms with E-state index in [1.54, 1.807) is 31.3 Å². The standard InChI is InChI=1S/C17H14N2O3/c1-19(15-9-5-3-7-12(15)17(21)22)16(20)14-10-11-6-2-4-8-13(11)18-14/h2-10,18H,1H3,(H,21,22). The molecule has 0 aliphatic rings. The Morgan fingerprint density at radius 1 is 1.05 bits per heavy atom. The normalized spacial score (nSPS) is 10.6. The maximum atomic E-state index is 12.6. The van der Waals surface area contributed by atoms with Crippen LogP contribution in [0.5, 0.6) is 0 Å². The second kappa shape index (κ2) is 5.37. The third-order valence-corrected chi connectivity index (χ3v) is 3.56. The first kappa shape index (κ1) is 13.9. The molecule has 0 fully saturated rings. The number of nitrogens with zero attached hydrogens (tertiary/aromatic N) is 1. The van der Waals surface area contributed by atoms with Crippen molar-refractivity contribution in [1.29, 1.82) is 0 Å². The summed E-state index contributed by atoms with van der Waals surface area (Å²) in [7, 11) is 1.57. The number of rotatable bonds is 3. The van der Waals surface area contributed by atoms with Gasteiger partial charge in [-0.3, -0.25) is 4.79 Å². The molecule has 0 aliphatic heterocycles. The van der Waals surface area contributed by atoms with Gasteiger partial charge in [-0.25, -0.2) is 4.79 Å². The highest BCUT2D eigenvalue weighted by Crippen LogP contribution is 2.22. The third-order valence-electron chi connectivity index (χ3n) is 3.56. The van der Waals surface area contributed by atoms with Gasteiger partial charge in [0.1, 0.15) is 5.69 Å². The highest BCUT2D eigenvalue weighted by atomic mass is 16.4. The van der Waals surface area contributed by atoms with Crippen LogP contribution in [0.15, 0.2) is 54.6 Å². The Hall–Kier alpha value is -3.08. The van der Waals surface area contributed by atoms with Gasteiger partial charge in [-0.05, 0) is 24.3 Å². The molecule has 0 atom stereocenters. The number of carbonyl (C=O) groups excluding carboxylic acids is 1. The highest BCUT2D eigenvalue weighted by molar-refractivity contribution is 6.09. The number of amides is 1. The Kier molecular flexibility index (Phi) is 3.39. The number of para-hydroxylation sites is 2. The van der Waals surface area contributed by atoms with Crippen LogP contribution in [0.1, 0.15) is 20.8 Å². The Balaban J connectivity index is 2.00. The molecule has 2 aromatic carbocycles. The smallest absolute Gasteiger partial charge is 0.337 e. The first-order valence-electron chi connectivity index (χ1n) is 6.76. The number of carbonyl (C=O) groups is 2. The van der Waals surface area contributed by atoms with Gasteiger partial charge in [-0.15, -0.1) is 0 Å². The fourth-order valence-corrected chi connectivity index (χ4v) is 2.43. The van der Waals surface area contributed by atoms with Crippen LogP contribution in [-0.2, 0) is 0 Å². The highest BCUT2D eigenvalue weighted by Gasteiger charge is 2.20. The molecule has 0 aliphatic carbocycles. The number of aromatic carboxylic acids is 1. The summed E-state index contributed by atoms with van der Waals surface area (Å²) in [5.41, 5.74) is 1.74. The zero-order valence-corrected chi connectivity index (χ0v) is 11.9. The van der Waals surface area contributed by atoms with Crippen molar-refractivity contribution in [1.82, 2.24) is 4.98 Å². The Morgan fingerprint density at radius 2 is 1.73 bits per heavy atom. The van der Waals surface area contributed by atoms with Gasteiger partial charge in [-0.1, -0.05) is 30.3 Å². The first-order chi connectivity index (χ1) is 10.6. The Bertz CT molecular complexity index is 834. The van der Waals surface area contributed by atoms with Crippen LogP contribution in [0.25, 0.3) is 10.9 Å². The number of carboxylic acids is 1. The molecule has 5 heteroatoms. The van der Waals surface area contributed by atoms with Gasteiger partial charge in [0.05, 0.1) is 11.3 Å². The predicted octanol–water partition coefficient (Wildman–Crippen LogP) is 3.14. The fraction of sp³-hybridized carbons (Fsp3) is 0.0588. The maximum absolute atomic E-state index is 12.6. The predicted molar refractivity (Wildman–Crippen MR) is 84.4 cm³/mol. The summed E-state index contributed by atoms with van der Waals surface area (Å²) >= 11 is 0. The Morgan fingerprint density at radius 3 is 2.45 bits per heavy atom. The minimum Gasteiger partial charge on any atom is -0.478 e. The molecule has 0 spiro atoms. The zero-order chi connectivity index (χ0) is 15.7. The van der Waals surface area contributed by atoms with Crippen LogP contribution in [0.3, 0.4) is 0 Å². The van der Waals surface area contributed by atoms with E-state index in [4.69, 9.17) is 0 Å². The zero-order valence-electron chi connectivity index (χ0n) is 11.9. The van der Waals surface area contributed by atoms with E-state index < -0.39 is 5.97 Å². The van der Waals surface area contributed by atoms with Crippen LogP contribution < -0.4 is 4.90 Å². The number of hydrogen-bond donors (Lipinski definition) is 2. The number of benzene rings is 2. The molecule has 1 aromatic heterocycles. The molecule has 0 saturated carbocycles. The number of anilines is 1. The number of aromatic nitrogens is 1. The molecule has 3 rings (SSSR count). The molecule has 22 heavy (non-hydrogen) atoms. The summed E-state index contributed by atoms with van der Waals surface area (Å²) in [6.07, 6.45) is 0. The van der Waals surface area contributed by atoms with Gasteiger partial charge < -0.3 is 15.0 Å². The van der Waals surface area contributed by atoms with Crippen molar-refractivity contribution in [2.24, 2.45) is 0 Å². The van der Waals surface area contributed by atoms with Crippen LogP contribution in [0, 0.1) is 0 Å². The summed E-state index contributed by atoms with van der Waals surface area (Å²) in [6.45, 7) is 0. The molecular formula is C17H14N2O3. The van der Waals surface area contributed by atoms with Crippen molar-refractivity contribution in [2.75, 3.05) is 11.9 Å². The van der Waals surface area contributed by atoms with Crippen molar-refractivity contribution in [2.45, 2.75) is 0 Å². The van der Waals surface area contributed by atoms with Crippen molar-refractivity contribution >= 4 is 28.5 Å². The number of aromatic amines is 1. The minimum absolute atomic E-state index is 0.0921. The monoisotopic (exact) mass is 294 g/mol. The number of hydrogen-bond acceptors (Lipinski definition) is 2. The quantitative estimate of drug-likeness (QED) is 0.779. The van der Waals surface area contributed by atoms with Crippen LogP contribution in [-0.4, -0.2) is 29.0 Å². The molecule has 0 unspecified atom stereocenters. The van der Waals surface area contributed by atoms with Gasteiger partial charge >= 0.3 is 5.97 Å². The summed E-state index contributed by atoms with van der Waals surface area (Å²) in [4.78, 5) is 28.3. The van der Waals surface area contributed by atoms with E-state index in [1.165, 1.54) is 11.0 Å². The average Bonchev–Trinajstić information content (AvgIpc) is 2.97. The van der Waals surface area contributed by atoms with E-state index in [0.717, 1.165) is 10.9 Å². The summed E-state index contributed by atoms with van der Waals surface area (Å²) in [5, 5.41) is 10.2. The lowest BCUT2D eigenvalue weighted by atomic mass is 10.1. The number of nitrogens with one attached hydrogen (secondary N) is 1. The molecule has 0 radical (unpaired) electrons. The molecule has 5 nitrogen and oxygen atoms in total. The lowest BCUT2D eigenvalue weighted by molar-refractivity contribution is 0.0697. The molecule has 3 aromatic rings. The van der Waals surface area contributed by atoms with Gasteiger partial charge in [0.15, 0.2) is 0 Å². The van der Waals surface area contributed by atoms with Crippen molar-refractivity contribution < 1.29 is 14.7 Å². The third kappa shape index (κ3) is 2.33. The molecule has 0 saturated heterocycles. The topological polar surface area (TPSA) is 73.4 Å². The number of carboxylic acid groups (broad SMARTS) is 1. The van der Waals surface area contributed by atoms with Crippen LogP contribution in [0.2, 0.25) is 0 Å². The SMILES string of the molecule is CN(C(=O)c1cc2ccccc2[nH]1)c1ccccc1C(=O)O.